The van der Waals surface area contributed by atoms with E-state index in [2.05, 4.69) is 10.4 Å². The van der Waals surface area contributed by atoms with E-state index in [9.17, 15) is 13.6 Å². The molecule has 1 N–H and O–H groups in total. The molecule has 1 aliphatic heterocycles. The van der Waals surface area contributed by atoms with E-state index < -0.39 is 11.6 Å². The van der Waals surface area contributed by atoms with Crippen molar-refractivity contribution in [3.05, 3.63) is 53.4 Å². The van der Waals surface area contributed by atoms with Gasteiger partial charge in [-0.3, -0.25) is 9.48 Å². The van der Waals surface area contributed by atoms with Gasteiger partial charge in [-0.25, -0.2) is 8.78 Å². The minimum Gasteiger partial charge on any atom is -0.330 e. The smallest absolute Gasteiger partial charge is 0.274 e. The topological polar surface area (TPSA) is 50.2 Å². The molecule has 5 nitrogen and oxygen atoms in total. The summed E-state index contributed by atoms with van der Waals surface area (Å²) >= 11 is 0. The first-order chi connectivity index (χ1) is 13.6. The summed E-state index contributed by atoms with van der Waals surface area (Å²) in [5, 5.41) is 7.88. The summed E-state index contributed by atoms with van der Waals surface area (Å²) in [5.74, 6) is -1.20. The number of nitrogens with zero attached hydrogens (tertiary/aromatic N) is 3. The minimum absolute atomic E-state index is 0. The Morgan fingerprint density at radius 1 is 1.17 bits per heavy atom. The fourth-order valence-electron chi connectivity index (χ4n) is 4.29. The van der Waals surface area contributed by atoms with E-state index in [1.54, 1.807) is 11.0 Å². The molecule has 2 fully saturated rings. The molecule has 1 saturated carbocycles. The Labute approximate surface area is 175 Å². The maximum absolute atomic E-state index is 14.2. The Hall–Kier alpha value is -1.99. The predicted molar refractivity (Wildman–Crippen MR) is 109 cm³/mol. The molecule has 1 aromatic heterocycles. The van der Waals surface area contributed by atoms with Gasteiger partial charge in [0.05, 0.1) is 6.04 Å². The van der Waals surface area contributed by atoms with Crippen LogP contribution >= 0.6 is 12.4 Å². The molecule has 2 aromatic rings. The van der Waals surface area contributed by atoms with Crippen LogP contribution in [0.4, 0.5) is 8.78 Å². The van der Waals surface area contributed by atoms with Crippen molar-refractivity contribution in [1.82, 2.24) is 20.0 Å². The third-order valence-electron chi connectivity index (χ3n) is 5.85. The highest BCUT2D eigenvalue weighted by Crippen LogP contribution is 2.27. The Bertz CT molecular complexity index is 832. The molecule has 1 atom stereocenters. The van der Waals surface area contributed by atoms with E-state index in [4.69, 9.17) is 0 Å². The van der Waals surface area contributed by atoms with Crippen molar-refractivity contribution >= 4 is 18.3 Å². The molecule has 29 heavy (non-hydrogen) atoms. The van der Waals surface area contributed by atoms with Gasteiger partial charge in [-0.1, -0.05) is 12.8 Å². The lowest BCUT2D eigenvalue weighted by Crippen LogP contribution is -2.39. The highest BCUT2D eigenvalue weighted by molar-refractivity contribution is 5.92. The molecule has 0 spiro atoms. The maximum atomic E-state index is 14.2. The Kier molecular flexibility index (Phi) is 7.24. The molecule has 2 heterocycles. The molecule has 1 aromatic carbocycles. The Morgan fingerprint density at radius 3 is 2.69 bits per heavy atom. The third kappa shape index (κ3) is 4.95. The van der Waals surface area contributed by atoms with Crippen molar-refractivity contribution in [2.75, 3.05) is 13.1 Å². The summed E-state index contributed by atoms with van der Waals surface area (Å²) in [5.41, 5.74) is 0.574. The molecule has 0 bridgehead atoms. The first kappa shape index (κ1) is 21.7. The van der Waals surface area contributed by atoms with E-state index in [1.807, 2.05) is 10.9 Å². The molecule has 0 radical (unpaired) electrons. The van der Waals surface area contributed by atoms with Crippen LogP contribution in [0.3, 0.4) is 0 Å². The number of carbonyl (C=O) groups is 1. The molecule has 1 aliphatic carbocycles. The first-order valence-electron chi connectivity index (χ1n) is 10.1. The van der Waals surface area contributed by atoms with E-state index in [0.717, 1.165) is 63.7 Å². The lowest BCUT2D eigenvalue weighted by atomic mass is 10.1. The van der Waals surface area contributed by atoms with E-state index in [-0.39, 0.29) is 42.5 Å². The van der Waals surface area contributed by atoms with E-state index in [1.165, 1.54) is 6.07 Å². The van der Waals surface area contributed by atoms with Gasteiger partial charge in [0.2, 0.25) is 0 Å². The number of amides is 1. The van der Waals surface area contributed by atoms with Crippen LogP contribution in [-0.4, -0.2) is 39.7 Å². The summed E-state index contributed by atoms with van der Waals surface area (Å²) in [4.78, 5) is 14.9. The summed E-state index contributed by atoms with van der Waals surface area (Å²) in [6, 6.07) is 5.41. The van der Waals surface area contributed by atoms with E-state index >= 15 is 0 Å². The Balaban J connectivity index is 0.00000240. The predicted octanol–water partition coefficient (Wildman–Crippen LogP) is 4.09. The average molecular weight is 425 g/mol. The normalized spacial score (nSPS) is 19.7. The number of nitrogens with one attached hydrogen (secondary N) is 1. The SMILES string of the molecule is Cl.O=C(c1ccn(C2CCCNC2)n1)N(Cc1cc(F)ccc1F)C1CCCC1. The molecular weight excluding hydrogens is 398 g/mol. The molecular formula is C21H27ClF2N4O. The average Bonchev–Trinajstić information content (AvgIpc) is 3.41. The zero-order valence-electron chi connectivity index (χ0n) is 16.3. The van der Waals surface area contributed by atoms with E-state index in [0.29, 0.717) is 5.69 Å². The lowest BCUT2D eigenvalue weighted by molar-refractivity contribution is 0.0654. The van der Waals surface area contributed by atoms with Crippen molar-refractivity contribution in [3.8, 4) is 0 Å². The van der Waals surface area contributed by atoms with Crippen LogP contribution in [0.1, 0.15) is 60.6 Å². The van der Waals surface area contributed by atoms with Crippen LogP contribution < -0.4 is 5.32 Å². The zero-order valence-corrected chi connectivity index (χ0v) is 17.1. The fraction of sp³-hybridized carbons (Fsp3) is 0.524. The van der Waals surface area contributed by atoms with Crippen molar-refractivity contribution < 1.29 is 13.6 Å². The third-order valence-corrected chi connectivity index (χ3v) is 5.85. The standard InChI is InChI=1S/C21H26F2N4O.ClH/c22-16-7-8-19(23)15(12-16)14-26(17-4-1-2-5-17)21(28)20-9-11-27(25-20)18-6-3-10-24-13-18;/h7-9,11-12,17-18,24H,1-6,10,13-14H2;1H. The first-order valence-corrected chi connectivity index (χ1v) is 10.1. The minimum atomic E-state index is -0.496. The molecule has 4 rings (SSSR count). The second-order valence-corrected chi connectivity index (χ2v) is 7.79. The molecule has 1 amide bonds. The largest absolute Gasteiger partial charge is 0.330 e. The Morgan fingerprint density at radius 2 is 1.97 bits per heavy atom. The second-order valence-electron chi connectivity index (χ2n) is 7.79. The highest BCUT2D eigenvalue weighted by Gasteiger charge is 2.30. The lowest BCUT2D eigenvalue weighted by Gasteiger charge is -2.29. The van der Waals surface area contributed by atoms with Gasteiger partial charge in [0.1, 0.15) is 17.3 Å². The van der Waals surface area contributed by atoms with Gasteiger partial charge < -0.3 is 10.2 Å². The van der Waals surface area contributed by atoms with Crippen molar-refractivity contribution in [2.45, 2.75) is 57.2 Å². The number of hydrogen-bond donors (Lipinski definition) is 1. The maximum Gasteiger partial charge on any atom is 0.274 e. The van der Waals surface area contributed by atoms with Gasteiger partial charge in [-0.05, 0) is 56.5 Å². The number of carbonyl (C=O) groups excluding carboxylic acids is 1. The molecule has 158 valence electrons. The van der Waals surface area contributed by atoms with Crippen molar-refractivity contribution in [1.29, 1.82) is 0 Å². The van der Waals surface area contributed by atoms with Crippen molar-refractivity contribution in [2.24, 2.45) is 0 Å². The van der Waals surface area contributed by atoms with Gasteiger partial charge >= 0.3 is 0 Å². The highest BCUT2D eigenvalue weighted by atomic mass is 35.5. The fourth-order valence-corrected chi connectivity index (χ4v) is 4.29. The molecule has 8 heteroatoms. The van der Waals surface area contributed by atoms with Gasteiger partial charge in [0, 0.05) is 30.9 Å². The van der Waals surface area contributed by atoms with Crippen LogP contribution in [0.2, 0.25) is 0 Å². The monoisotopic (exact) mass is 424 g/mol. The summed E-state index contributed by atoms with van der Waals surface area (Å²) in [6.07, 6.45) is 7.82. The van der Waals surface area contributed by atoms with Crippen LogP contribution in [0, 0.1) is 11.6 Å². The summed E-state index contributed by atoms with van der Waals surface area (Å²) in [7, 11) is 0. The van der Waals surface area contributed by atoms with Crippen LogP contribution in [0.5, 0.6) is 0 Å². The van der Waals surface area contributed by atoms with Gasteiger partial charge in [-0.2, -0.15) is 5.10 Å². The zero-order chi connectivity index (χ0) is 19.5. The van der Waals surface area contributed by atoms with Gasteiger partial charge in [0.15, 0.2) is 0 Å². The van der Waals surface area contributed by atoms with Gasteiger partial charge in [0.25, 0.3) is 5.91 Å². The quantitative estimate of drug-likeness (QED) is 0.786. The van der Waals surface area contributed by atoms with Crippen LogP contribution in [0.25, 0.3) is 0 Å². The number of piperidine rings is 1. The summed E-state index contributed by atoms with van der Waals surface area (Å²) in [6.45, 7) is 1.92. The number of benzene rings is 1. The van der Waals surface area contributed by atoms with Crippen molar-refractivity contribution in [3.63, 3.8) is 0 Å². The summed E-state index contributed by atoms with van der Waals surface area (Å²) < 4.78 is 29.7. The number of hydrogen-bond acceptors (Lipinski definition) is 3. The molecule has 2 aliphatic rings. The second kappa shape index (κ2) is 9.67. The van der Waals surface area contributed by atoms with Crippen LogP contribution in [0.15, 0.2) is 30.5 Å². The molecule has 1 unspecified atom stereocenters. The number of rotatable bonds is 5. The van der Waals surface area contributed by atoms with Crippen LogP contribution in [-0.2, 0) is 6.54 Å². The molecule has 1 saturated heterocycles. The number of aromatic nitrogens is 2. The van der Waals surface area contributed by atoms with Gasteiger partial charge in [-0.15, -0.1) is 12.4 Å². The number of halogens is 3.